The molecule has 0 radical (unpaired) electrons. The molecule has 0 atom stereocenters. The molecule has 0 unspecified atom stereocenters. The number of rotatable bonds is 15. The number of carbonyl (C=O) groups excluding carboxylic acids is 1. The van der Waals surface area contributed by atoms with E-state index in [4.69, 9.17) is 14.4 Å². The van der Waals surface area contributed by atoms with Gasteiger partial charge in [-0.2, -0.15) is 8.42 Å². The van der Waals surface area contributed by atoms with Gasteiger partial charge in [-0.15, -0.1) is 0 Å². The number of carbonyl (C=O) groups is 2. The van der Waals surface area contributed by atoms with Crippen molar-refractivity contribution >= 4 is 22.1 Å². The van der Waals surface area contributed by atoms with Gasteiger partial charge in [0.15, 0.2) is 6.54 Å². The third-order valence-corrected chi connectivity index (χ3v) is 4.90. The normalized spacial score (nSPS) is 11.9. The summed E-state index contributed by atoms with van der Waals surface area (Å²) < 4.78 is 36.2. The van der Waals surface area contributed by atoms with Crippen LogP contribution < -0.4 is 0 Å². The first-order valence-corrected chi connectivity index (χ1v) is 11.8. The molecule has 178 valence electrons. The van der Waals surface area contributed by atoms with Gasteiger partial charge in [0.25, 0.3) is 10.1 Å². The second kappa shape index (κ2) is 15.3. The highest BCUT2D eigenvalue weighted by Gasteiger charge is 2.16. The number of hydrogen-bond donors (Lipinski definition) is 2. The monoisotopic (exact) mass is 454 g/mol. The van der Waals surface area contributed by atoms with Crippen molar-refractivity contribution in [3.05, 3.63) is 12.7 Å². The molecule has 0 aromatic carbocycles. The Balaban J connectivity index is 0. The summed E-state index contributed by atoms with van der Waals surface area (Å²) in [7, 11) is 5.82. The Morgan fingerprint density at radius 1 is 0.933 bits per heavy atom. The zero-order chi connectivity index (χ0) is 23.8. The summed E-state index contributed by atoms with van der Waals surface area (Å²) in [5, 5.41) is 8.23. The summed E-state index contributed by atoms with van der Waals surface area (Å²) >= 11 is 0. The molecule has 0 bridgehead atoms. The van der Waals surface area contributed by atoms with Crippen molar-refractivity contribution in [1.29, 1.82) is 0 Å². The largest absolute Gasteiger partial charge is 0.477 e. The van der Waals surface area contributed by atoms with Gasteiger partial charge in [-0.1, -0.05) is 19.4 Å². The van der Waals surface area contributed by atoms with E-state index in [1.54, 1.807) is 0 Å². The molecular formula is C20H42N2O7S+2. The first kappa shape index (κ1) is 30.7. The highest BCUT2D eigenvalue weighted by atomic mass is 32.2. The lowest BCUT2D eigenvalue weighted by atomic mass is 10.1. The van der Waals surface area contributed by atoms with Crippen molar-refractivity contribution in [2.45, 2.75) is 38.5 Å². The first-order chi connectivity index (χ1) is 13.6. The molecule has 0 aromatic rings. The van der Waals surface area contributed by atoms with Crippen LogP contribution in [0, 0.1) is 0 Å². The van der Waals surface area contributed by atoms with E-state index < -0.39 is 16.1 Å². The fraction of sp³-hybridized carbons (Fsp3) is 0.800. The van der Waals surface area contributed by atoms with Gasteiger partial charge in [-0.3, -0.25) is 4.55 Å². The smallest absolute Gasteiger partial charge is 0.359 e. The molecule has 0 aliphatic rings. The summed E-state index contributed by atoms with van der Waals surface area (Å²) in [6, 6.07) is 0. The molecule has 0 aromatic heterocycles. The number of nitrogens with zero attached hydrogens (tertiary/aromatic N) is 2. The summed E-state index contributed by atoms with van der Waals surface area (Å²) in [6.45, 7) is 5.68. The predicted octanol–water partition coefficient (Wildman–Crippen LogP) is 1.80. The maximum Gasteiger partial charge on any atom is 0.359 e. The van der Waals surface area contributed by atoms with Crippen molar-refractivity contribution in [2.75, 3.05) is 67.2 Å². The highest BCUT2D eigenvalue weighted by Crippen LogP contribution is 2.08. The van der Waals surface area contributed by atoms with E-state index in [1.165, 1.54) is 6.08 Å². The van der Waals surface area contributed by atoms with E-state index in [0.717, 1.165) is 49.7 Å². The zero-order valence-corrected chi connectivity index (χ0v) is 20.1. The number of carboxylic acids is 1. The van der Waals surface area contributed by atoms with Gasteiger partial charge in [-0.25, -0.2) is 9.59 Å². The van der Waals surface area contributed by atoms with Crippen LogP contribution in [0.3, 0.4) is 0 Å². The summed E-state index contributed by atoms with van der Waals surface area (Å²) in [6.07, 6.45) is 6.81. The molecule has 2 N–H and O–H groups in total. The van der Waals surface area contributed by atoms with E-state index >= 15 is 0 Å². The van der Waals surface area contributed by atoms with E-state index in [-0.39, 0.29) is 18.3 Å². The number of carboxylic acid groups (broad SMARTS) is 1. The molecule has 0 heterocycles. The van der Waals surface area contributed by atoms with Crippen molar-refractivity contribution in [3.63, 3.8) is 0 Å². The van der Waals surface area contributed by atoms with E-state index in [0.29, 0.717) is 17.5 Å². The lowest BCUT2D eigenvalue weighted by Gasteiger charge is -2.29. The molecular weight excluding hydrogens is 412 g/mol. The summed E-state index contributed by atoms with van der Waals surface area (Å²) in [4.78, 5) is 20.8. The van der Waals surface area contributed by atoms with Crippen molar-refractivity contribution < 1.29 is 41.4 Å². The van der Waals surface area contributed by atoms with Crippen molar-refractivity contribution in [3.8, 4) is 0 Å². The van der Waals surface area contributed by atoms with Gasteiger partial charge in [0.1, 0.15) is 0 Å². The number of ether oxygens (including phenoxy) is 1. The Morgan fingerprint density at radius 2 is 1.43 bits per heavy atom. The number of unbranched alkanes of at least 4 members (excludes halogenated alkanes) is 4. The average Bonchev–Trinajstić information content (AvgIpc) is 2.53. The first-order valence-electron chi connectivity index (χ1n) is 10.2. The lowest BCUT2D eigenvalue weighted by Crippen LogP contribution is -2.41. The minimum Gasteiger partial charge on any atom is -0.477 e. The maximum absolute atomic E-state index is 10.8. The number of aliphatic carboxylic acids is 1. The van der Waals surface area contributed by atoms with Gasteiger partial charge in [0, 0.05) is 12.5 Å². The Labute approximate surface area is 182 Å². The van der Waals surface area contributed by atoms with Crippen molar-refractivity contribution in [1.82, 2.24) is 0 Å². The summed E-state index contributed by atoms with van der Waals surface area (Å²) in [5.74, 6) is -1.29. The second-order valence-electron chi connectivity index (χ2n) is 9.00. The Kier molecular flexibility index (Phi) is 15.7. The van der Waals surface area contributed by atoms with Crippen LogP contribution in [-0.2, 0) is 24.4 Å². The van der Waals surface area contributed by atoms with Crippen LogP contribution in [0.1, 0.15) is 38.5 Å². The van der Waals surface area contributed by atoms with Crippen LogP contribution in [-0.4, -0.2) is 106 Å². The molecule has 0 rings (SSSR count). The van der Waals surface area contributed by atoms with Gasteiger partial charge in [0.2, 0.25) is 0 Å². The van der Waals surface area contributed by atoms with Crippen LogP contribution in [0.25, 0.3) is 0 Å². The van der Waals surface area contributed by atoms with E-state index in [1.807, 2.05) is 21.1 Å². The molecule has 0 spiro atoms. The molecule has 0 amide bonds. The quantitative estimate of drug-likeness (QED) is 0.127. The minimum atomic E-state index is -3.84. The Bertz CT molecular complexity index is 611. The van der Waals surface area contributed by atoms with Gasteiger partial charge < -0.3 is 18.8 Å². The number of quaternary nitrogens is 2. The third-order valence-electron chi connectivity index (χ3n) is 4.09. The van der Waals surface area contributed by atoms with Gasteiger partial charge >= 0.3 is 11.9 Å². The Hall–Kier alpha value is -1.49. The van der Waals surface area contributed by atoms with E-state index in [2.05, 4.69) is 20.7 Å². The van der Waals surface area contributed by atoms with E-state index in [9.17, 15) is 18.0 Å². The Morgan fingerprint density at radius 3 is 1.87 bits per heavy atom. The molecule has 0 aliphatic carbocycles. The van der Waals surface area contributed by atoms with Gasteiger partial charge in [-0.05, 0) is 19.3 Å². The highest BCUT2D eigenvalue weighted by molar-refractivity contribution is 7.85. The summed E-state index contributed by atoms with van der Waals surface area (Å²) in [5.41, 5.74) is 0. The van der Waals surface area contributed by atoms with Gasteiger partial charge in [0.05, 0.1) is 60.7 Å². The fourth-order valence-electron chi connectivity index (χ4n) is 2.60. The second-order valence-corrected chi connectivity index (χ2v) is 10.6. The minimum absolute atomic E-state index is 0.169. The molecule has 0 fully saturated rings. The topological polar surface area (TPSA) is 118 Å². The number of hydrogen-bond acceptors (Lipinski definition) is 5. The molecule has 9 nitrogen and oxygen atoms in total. The molecule has 30 heavy (non-hydrogen) atoms. The van der Waals surface area contributed by atoms with Crippen molar-refractivity contribution in [2.24, 2.45) is 0 Å². The lowest BCUT2D eigenvalue weighted by molar-refractivity contribution is -0.890. The van der Waals surface area contributed by atoms with Crippen LogP contribution >= 0.6 is 0 Å². The predicted molar refractivity (Wildman–Crippen MR) is 118 cm³/mol. The number of likely N-dealkylation sites (N-methyl/N-ethyl adjacent to an activating group) is 1. The third kappa shape index (κ3) is 26.5. The molecule has 0 saturated carbocycles. The zero-order valence-electron chi connectivity index (χ0n) is 19.3. The molecule has 0 saturated heterocycles. The maximum atomic E-state index is 10.8. The average molecular weight is 455 g/mol. The standard InChI is InChI=1S/C15H29NO5S.C5H11NO2/c1-4-15(17)21-13-9-7-5-6-8-11-16(2,3)12-10-14-22(18,19)20;1-6(2,3)4-5(7)8/h4H,1,5-14H2,2-3H3;4H2,1-3H3/p+2. The van der Waals surface area contributed by atoms with Crippen LogP contribution in [0.15, 0.2) is 12.7 Å². The SMILES string of the molecule is C=CC(=O)OCCCCCCC[N+](C)(C)CCCS(=O)(=O)O.C[N+](C)(C)CC(=O)O. The molecule has 10 heteroatoms. The molecule has 0 aliphatic heterocycles. The van der Waals surface area contributed by atoms with Crippen LogP contribution in [0.5, 0.6) is 0 Å². The van der Waals surface area contributed by atoms with Crippen LogP contribution in [0.2, 0.25) is 0 Å². The number of esters is 1. The van der Waals surface area contributed by atoms with Crippen LogP contribution in [0.4, 0.5) is 0 Å². The fourth-order valence-corrected chi connectivity index (χ4v) is 3.09.